The summed E-state index contributed by atoms with van der Waals surface area (Å²) in [5.41, 5.74) is 12.2. The van der Waals surface area contributed by atoms with Crippen molar-refractivity contribution in [2.75, 3.05) is 0 Å². The maximum atomic E-state index is 10.3. The number of fused-ring (bicyclic) bond motifs is 7. The molecule has 0 unspecified atom stereocenters. The van der Waals surface area contributed by atoms with Crippen LogP contribution in [0.2, 0.25) is 0 Å². The minimum Gasteiger partial charge on any atom is -0.455 e. The number of benzene rings is 6. The van der Waals surface area contributed by atoms with Crippen LogP contribution in [0, 0.1) is 25.2 Å². The van der Waals surface area contributed by atoms with Crippen molar-refractivity contribution in [1.82, 2.24) is 19.5 Å². The molecule has 3 heterocycles. The molecule has 0 N–H and O–H groups in total. The van der Waals surface area contributed by atoms with Gasteiger partial charge in [-0.2, -0.15) is 5.26 Å². The molecule has 0 saturated carbocycles. The lowest BCUT2D eigenvalue weighted by molar-refractivity contribution is 0.589. The van der Waals surface area contributed by atoms with Crippen molar-refractivity contribution in [3.05, 3.63) is 143 Å². The number of para-hydroxylation sites is 2. The lowest BCUT2D eigenvalue weighted by Gasteiger charge is -2.21. The summed E-state index contributed by atoms with van der Waals surface area (Å²) < 4.78 is 8.86. The molecular weight excluding hydrogens is 687 g/mol. The zero-order valence-corrected chi connectivity index (χ0v) is 33.1. The van der Waals surface area contributed by atoms with Gasteiger partial charge < -0.3 is 8.98 Å². The Morgan fingerprint density at radius 2 is 1.16 bits per heavy atom. The van der Waals surface area contributed by atoms with Crippen LogP contribution in [0.25, 0.3) is 83.6 Å². The zero-order chi connectivity index (χ0) is 39.1. The molecule has 6 nitrogen and oxygen atoms in total. The predicted molar refractivity (Wildman–Crippen MR) is 229 cm³/mol. The number of hydrogen-bond acceptors (Lipinski definition) is 5. The van der Waals surface area contributed by atoms with E-state index in [2.05, 4.69) is 145 Å². The SMILES string of the molecule is Cc1cc(-c2nc(-c3cc(C)cc(C(C)(C)C)c3)nc(-c3cc(C#N)ccc3-n3c4ccccc4c4c5oc6ccccc6c5ccc43)n2)cc(C(C)(C)C)c1. The van der Waals surface area contributed by atoms with E-state index in [0.717, 1.165) is 77.2 Å². The third kappa shape index (κ3) is 5.92. The van der Waals surface area contributed by atoms with Crippen LogP contribution in [0.5, 0.6) is 0 Å². The summed E-state index contributed by atoms with van der Waals surface area (Å²) in [6, 6.07) is 42.3. The van der Waals surface area contributed by atoms with Gasteiger partial charge in [-0.05, 0) is 103 Å². The quantitative estimate of drug-likeness (QED) is 0.180. The molecular formula is C50H43N5O. The second-order valence-corrected chi connectivity index (χ2v) is 17.1. The van der Waals surface area contributed by atoms with Crippen molar-refractivity contribution in [2.24, 2.45) is 0 Å². The first-order valence-electron chi connectivity index (χ1n) is 19.2. The first-order valence-corrected chi connectivity index (χ1v) is 19.2. The van der Waals surface area contributed by atoms with Crippen molar-refractivity contribution >= 4 is 43.7 Å². The number of nitrogens with zero attached hydrogens (tertiary/aromatic N) is 5. The van der Waals surface area contributed by atoms with Crippen LogP contribution >= 0.6 is 0 Å². The number of furan rings is 1. The van der Waals surface area contributed by atoms with Crippen molar-refractivity contribution in [2.45, 2.75) is 66.2 Å². The van der Waals surface area contributed by atoms with Crippen molar-refractivity contribution in [3.8, 4) is 45.9 Å². The van der Waals surface area contributed by atoms with E-state index in [9.17, 15) is 5.26 Å². The maximum Gasteiger partial charge on any atom is 0.166 e. The largest absolute Gasteiger partial charge is 0.455 e. The Labute approximate surface area is 327 Å². The summed E-state index contributed by atoms with van der Waals surface area (Å²) in [6.45, 7) is 17.6. The van der Waals surface area contributed by atoms with Gasteiger partial charge in [0.1, 0.15) is 11.2 Å². The average molecular weight is 730 g/mol. The molecule has 0 atom stereocenters. The van der Waals surface area contributed by atoms with Crippen LogP contribution in [0.3, 0.4) is 0 Å². The highest BCUT2D eigenvalue weighted by Gasteiger charge is 2.24. The molecule has 3 aromatic heterocycles. The van der Waals surface area contributed by atoms with E-state index in [1.807, 2.05) is 36.4 Å². The Balaban J connectivity index is 1.36. The number of rotatable bonds is 4. The second-order valence-electron chi connectivity index (χ2n) is 17.1. The number of hydrogen-bond donors (Lipinski definition) is 0. The van der Waals surface area contributed by atoms with E-state index < -0.39 is 0 Å². The molecule has 56 heavy (non-hydrogen) atoms. The zero-order valence-electron chi connectivity index (χ0n) is 33.1. The first-order chi connectivity index (χ1) is 26.8. The van der Waals surface area contributed by atoms with Crippen LogP contribution < -0.4 is 0 Å². The normalized spacial score (nSPS) is 12.3. The second kappa shape index (κ2) is 12.7. The minimum atomic E-state index is -0.0757. The third-order valence-electron chi connectivity index (χ3n) is 10.8. The number of nitriles is 1. The fourth-order valence-electron chi connectivity index (χ4n) is 7.92. The molecule has 0 aliphatic carbocycles. The lowest BCUT2D eigenvalue weighted by Crippen LogP contribution is -2.12. The lowest BCUT2D eigenvalue weighted by atomic mass is 9.85. The van der Waals surface area contributed by atoms with E-state index in [0.29, 0.717) is 23.0 Å². The van der Waals surface area contributed by atoms with Crippen molar-refractivity contribution < 1.29 is 4.42 Å². The van der Waals surface area contributed by atoms with Gasteiger partial charge in [0.05, 0.1) is 33.7 Å². The summed E-state index contributed by atoms with van der Waals surface area (Å²) in [6.07, 6.45) is 0. The predicted octanol–water partition coefficient (Wildman–Crippen LogP) is 13.0. The molecule has 274 valence electrons. The van der Waals surface area contributed by atoms with Crippen LogP contribution in [0.15, 0.2) is 120 Å². The van der Waals surface area contributed by atoms with Gasteiger partial charge in [-0.15, -0.1) is 0 Å². The van der Waals surface area contributed by atoms with Crippen molar-refractivity contribution in [3.63, 3.8) is 0 Å². The molecule has 0 spiro atoms. The summed E-state index contributed by atoms with van der Waals surface area (Å²) in [5.74, 6) is 1.65. The van der Waals surface area contributed by atoms with Crippen molar-refractivity contribution in [1.29, 1.82) is 5.26 Å². The first kappa shape index (κ1) is 35.1. The van der Waals surface area contributed by atoms with Crippen LogP contribution in [-0.4, -0.2) is 19.5 Å². The fraction of sp³-hybridized carbons (Fsp3) is 0.200. The monoisotopic (exact) mass is 729 g/mol. The number of aromatic nitrogens is 4. The Kier molecular flexibility index (Phi) is 8.00. The molecule has 9 rings (SSSR count). The van der Waals surface area contributed by atoms with Crippen LogP contribution in [0.4, 0.5) is 0 Å². The molecule has 0 radical (unpaired) electrons. The molecule has 9 aromatic rings. The maximum absolute atomic E-state index is 10.3. The molecule has 0 fully saturated rings. The van der Waals surface area contributed by atoms with Crippen LogP contribution in [-0.2, 0) is 10.8 Å². The smallest absolute Gasteiger partial charge is 0.166 e. The highest BCUT2D eigenvalue weighted by molar-refractivity contribution is 6.24. The fourth-order valence-corrected chi connectivity index (χ4v) is 7.92. The number of aryl methyl sites for hydroxylation is 2. The average Bonchev–Trinajstić information content (AvgIpc) is 3.72. The van der Waals surface area contributed by atoms with E-state index in [-0.39, 0.29) is 10.8 Å². The summed E-state index contributed by atoms with van der Waals surface area (Å²) >= 11 is 0. The Hall–Kier alpha value is -6.58. The molecule has 0 amide bonds. The summed E-state index contributed by atoms with van der Waals surface area (Å²) in [4.78, 5) is 15.8. The summed E-state index contributed by atoms with van der Waals surface area (Å²) in [5, 5.41) is 14.5. The van der Waals surface area contributed by atoms with Crippen LogP contribution in [0.1, 0.15) is 69.4 Å². The molecule has 0 bridgehead atoms. The molecule has 6 heteroatoms. The summed E-state index contributed by atoms with van der Waals surface area (Å²) in [7, 11) is 0. The highest BCUT2D eigenvalue weighted by atomic mass is 16.3. The van der Waals surface area contributed by atoms with Gasteiger partial charge in [0.25, 0.3) is 0 Å². The van der Waals surface area contributed by atoms with E-state index in [1.165, 1.54) is 11.1 Å². The molecule has 0 aliphatic rings. The van der Waals surface area contributed by atoms with E-state index >= 15 is 0 Å². The molecule has 0 saturated heterocycles. The third-order valence-corrected chi connectivity index (χ3v) is 10.8. The van der Waals surface area contributed by atoms with Gasteiger partial charge in [0, 0.05) is 32.8 Å². The Bertz CT molecular complexity index is 3010. The molecule has 6 aromatic carbocycles. The molecule has 0 aliphatic heterocycles. The topological polar surface area (TPSA) is 80.5 Å². The van der Waals surface area contributed by atoms with E-state index in [1.54, 1.807) is 0 Å². The van der Waals surface area contributed by atoms with Gasteiger partial charge in [0.15, 0.2) is 17.5 Å². The van der Waals surface area contributed by atoms with E-state index in [4.69, 9.17) is 19.4 Å². The van der Waals surface area contributed by atoms with Gasteiger partial charge in [-0.3, -0.25) is 0 Å². The minimum absolute atomic E-state index is 0.0757. The van der Waals surface area contributed by atoms with Gasteiger partial charge in [0.2, 0.25) is 0 Å². The highest BCUT2D eigenvalue weighted by Crippen LogP contribution is 2.42. The van der Waals surface area contributed by atoms with Gasteiger partial charge in [-0.1, -0.05) is 101 Å². The Morgan fingerprint density at radius 3 is 1.79 bits per heavy atom. The van der Waals surface area contributed by atoms with Gasteiger partial charge >= 0.3 is 0 Å². The standard InChI is InChI=1S/C50H43N5O/c1-29-21-32(26-34(23-29)49(3,4)5)46-52-47(33-22-30(2)24-35(27-33)50(6,7)8)54-48(53-46)39-25-31(28-51)17-19-41(39)55-40-15-11-9-14-38(40)44-42(55)20-18-37-36-13-10-12-16-43(36)56-45(37)44/h9-27H,1-8H3. The Morgan fingerprint density at radius 1 is 0.571 bits per heavy atom. The van der Waals surface area contributed by atoms with Gasteiger partial charge in [-0.25, -0.2) is 15.0 Å².